The fourth-order valence-electron chi connectivity index (χ4n) is 1.10. The second-order valence-electron chi connectivity index (χ2n) is 3.84. The van der Waals surface area contributed by atoms with Crippen molar-refractivity contribution in [1.82, 2.24) is 4.90 Å². The molecule has 0 unspecified atom stereocenters. The molecule has 0 aliphatic heterocycles. The standard InChI is InChI=1S/C10H21NO2/c1-6-13-10(12)11(9(4)5)7-8(2)3/h8-9H,6-7H2,1-5H3. The van der Waals surface area contributed by atoms with Crippen LogP contribution in [0.4, 0.5) is 4.79 Å². The Labute approximate surface area is 81.1 Å². The fourth-order valence-corrected chi connectivity index (χ4v) is 1.10. The average molecular weight is 187 g/mol. The van der Waals surface area contributed by atoms with Gasteiger partial charge in [0.2, 0.25) is 0 Å². The first-order valence-corrected chi connectivity index (χ1v) is 4.92. The molecule has 13 heavy (non-hydrogen) atoms. The molecule has 0 spiro atoms. The molecule has 0 aliphatic carbocycles. The molecular formula is C10H21NO2. The van der Waals surface area contributed by atoms with Gasteiger partial charge in [0, 0.05) is 12.6 Å². The number of carbonyl (C=O) groups is 1. The zero-order valence-corrected chi connectivity index (χ0v) is 9.33. The van der Waals surface area contributed by atoms with Crippen LogP contribution in [0.1, 0.15) is 34.6 Å². The van der Waals surface area contributed by atoms with Crippen LogP contribution in [0.2, 0.25) is 0 Å². The van der Waals surface area contributed by atoms with Gasteiger partial charge >= 0.3 is 6.09 Å². The molecule has 0 rings (SSSR count). The van der Waals surface area contributed by atoms with E-state index in [9.17, 15) is 4.79 Å². The highest BCUT2D eigenvalue weighted by atomic mass is 16.6. The Morgan fingerprint density at radius 3 is 2.15 bits per heavy atom. The Morgan fingerprint density at radius 1 is 1.31 bits per heavy atom. The lowest BCUT2D eigenvalue weighted by Crippen LogP contribution is -2.39. The second kappa shape index (κ2) is 5.84. The topological polar surface area (TPSA) is 29.5 Å². The summed E-state index contributed by atoms with van der Waals surface area (Å²) in [6, 6.07) is 0.210. The summed E-state index contributed by atoms with van der Waals surface area (Å²) in [5.74, 6) is 0.479. The first-order chi connectivity index (χ1) is 5.99. The van der Waals surface area contributed by atoms with Gasteiger partial charge in [0.05, 0.1) is 6.61 Å². The van der Waals surface area contributed by atoms with Crippen LogP contribution >= 0.6 is 0 Å². The van der Waals surface area contributed by atoms with Crippen LogP contribution in [-0.2, 0) is 4.74 Å². The number of nitrogens with zero attached hydrogens (tertiary/aromatic N) is 1. The van der Waals surface area contributed by atoms with Gasteiger partial charge in [0.1, 0.15) is 0 Å². The molecular weight excluding hydrogens is 166 g/mol. The van der Waals surface area contributed by atoms with Gasteiger partial charge in [0.15, 0.2) is 0 Å². The van der Waals surface area contributed by atoms with Gasteiger partial charge in [-0.15, -0.1) is 0 Å². The highest BCUT2D eigenvalue weighted by molar-refractivity contribution is 5.67. The lowest BCUT2D eigenvalue weighted by molar-refractivity contribution is 0.0909. The van der Waals surface area contributed by atoms with Gasteiger partial charge in [-0.25, -0.2) is 4.79 Å². The monoisotopic (exact) mass is 187 g/mol. The van der Waals surface area contributed by atoms with Crippen molar-refractivity contribution in [3.05, 3.63) is 0 Å². The van der Waals surface area contributed by atoms with Crippen molar-refractivity contribution in [2.45, 2.75) is 40.7 Å². The molecule has 0 aromatic carbocycles. The van der Waals surface area contributed by atoms with Crippen molar-refractivity contribution >= 4 is 6.09 Å². The Kier molecular flexibility index (Phi) is 5.51. The van der Waals surface area contributed by atoms with Crippen LogP contribution in [-0.4, -0.2) is 30.2 Å². The van der Waals surface area contributed by atoms with Gasteiger partial charge in [-0.1, -0.05) is 13.8 Å². The SMILES string of the molecule is CCOC(=O)N(CC(C)C)C(C)C. The highest BCUT2D eigenvalue weighted by Gasteiger charge is 2.18. The molecule has 1 amide bonds. The average Bonchev–Trinajstić information content (AvgIpc) is 1.99. The quantitative estimate of drug-likeness (QED) is 0.676. The van der Waals surface area contributed by atoms with Crippen LogP contribution in [0.15, 0.2) is 0 Å². The van der Waals surface area contributed by atoms with Gasteiger partial charge in [-0.05, 0) is 26.7 Å². The number of ether oxygens (including phenoxy) is 1. The minimum Gasteiger partial charge on any atom is -0.450 e. The molecule has 0 aromatic rings. The first-order valence-electron chi connectivity index (χ1n) is 4.92. The highest BCUT2D eigenvalue weighted by Crippen LogP contribution is 2.06. The normalized spacial score (nSPS) is 10.7. The summed E-state index contributed by atoms with van der Waals surface area (Å²) in [6.07, 6.45) is -0.203. The molecule has 0 aromatic heterocycles. The maximum atomic E-state index is 11.4. The minimum absolute atomic E-state index is 0.203. The predicted octanol–water partition coefficient (Wildman–Crippen LogP) is 2.51. The zero-order chi connectivity index (χ0) is 10.4. The Hall–Kier alpha value is -0.730. The predicted molar refractivity (Wildman–Crippen MR) is 53.7 cm³/mol. The van der Waals surface area contributed by atoms with Crippen LogP contribution < -0.4 is 0 Å². The Morgan fingerprint density at radius 2 is 1.85 bits per heavy atom. The van der Waals surface area contributed by atoms with Crippen LogP contribution in [0.25, 0.3) is 0 Å². The van der Waals surface area contributed by atoms with E-state index in [4.69, 9.17) is 4.74 Å². The number of carbonyl (C=O) groups excluding carboxylic acids is 1. The molecule has 0 bridgehead atoms. The van der Waals surface area contributed by atoms with Crippen LogP contribution in [0.5, 0.6) is 0 Å². The second-order valence-corrected chi connectivity index (χ2v) is 3.84. The largest absolute Gasteiger partial charge is 0.450 e. The summed E-state index contributed by atoms with van der Waals surface area (Å²) >= 11 is 0. The summed E-state index contributed by atoms with van der Waals surface area (Å²) in [4.78, 5) is 13.2. The van der Waals surface area contributed by atoms with Crippen LogP contribution in [0.3, 0.4) is 0 Å². The molecule has 0 aliphatic rings. The molecule has 0 saturated heterocycles. The van der Waals surface area contributed by atoms with Crippen molar-refractivity contribution in [3.63, 3.8) is 0 Å². The molecule has 3 heteroatoms. The van der Waals surface area contributed by atoms with Gasteiger partial charge in [0.25, 0.3) is 0 Å². The summed E-state index contributed by atoms with van der Waals surface area (Å²) in [5.41, 5.74) is 0. The molecule has 0 N–H and O–H groups in total. The number of hydrogen-bond donors (Lipinski definition) is 0. The number of amides is 1. The molecule has 78 valence electrons. The summed E-state index contributed by atoms with van der Waals surface area (Å²) in [6.45, 7) is 11.2. The van der Waals surface area contributed by atoms with E-state index in [1.54, 1.807) is 4.90 Å². The van der Waals surface area contributed by atoms with Gasteiger partial charge in [-0.2, -0.15) is 0 Å². The maximum Gasteiger partial charge on any atom is 0.409 e. The molecule has 0 atom stereocenters. The van der Waals surface area contributed by atoms with Crippen molar-refractivity contribution in [3.8, 4) is 0 Å². The van der Waals surface area contributed by atoms with Crippen molar-refractivity contribution in [1.29, 1.82) is 0 Å². The van der Waals surface area contributed by atoms with Gasteiger partial charge in [-0.3, -0.25) is 0 Å². The van der Waals surface area contributed by atoms with E-state index in [-0.39, 0.29) is 12.1 Å². The summed E-state index contributed by atoms with van der Waals surface area (Å²) < 4.78 is 4.95. The molecule has 0 radical (unpaired) electrons. The van der Waals surface area contributed by atoms with Crippen molar-refractivity contribution in [2.24, 2.45) is 5.92 Å². The van der Waals surface area contributed by atoms with E-state index in [0.717, 1.165) is 6.54 Å². The molecule has 0 saturated carbocycles. The van der Waals surface area contributed by atoms with Crippen molar-refractivity contribution in [2.75, 3.05) is 13.2 Å². The smallest absolute Gasteiger partial charge is 0.409 e. The Balaban J connectivity index is 4.15. The molecule has 0 heterocycles. The summed E-state index contributed by atoms with van der Waals surface area (Å²) in [7, 11) is 0. The van der Waals surface area contributed by atoms with E-state index in [1.165, 1.54) is 0 Å². The summed E-state index contributed by atoms with van der Waals surface area (Å²) in [5, 5.41) is 0. The van der Waals surface area contributed by atoms with Crippen molar-refractivity contribution < 1.29 is 9.53 Å². The lowest BCUT2D eigenvalue weighted by Gasteiger charge is -2.27. The maximum absolute atomic E-state index is 11.4. The first kappa shape index (κ1) is 12.3. The third-order valence-corrected chi connectivity index (χ3v) is 1.69. The third kappa shape index (κ3) is 4.76. The van der Waals surface area contributed by atoms with E-state index in [2.05, 4.69) is 13.8 Å². The zero-order valence-electron chi connectivity index (χ0n) is 9.33. The number of hydrogen-bond acceptors (Lipinski definition) is 2. The van der Waals surface area contributed by atoms with E-state index in [0.29, 0.717) is 12.5 Å². The van der Waals surface area contributed by atoms with E-state index >= 15 is 0 Å². The Bertz CT molecular complexity index is 155. The third-order valence-electron chi connectivity index (χ3n) is 1.69. The van der Waals surface area contributed by atoms with E-state index < -0.39 is 0 Å². The van der Waals surface area contributed by atoms with Gasteiger partial charge < -0.3 is 9.64 Å². The molecule has 3 nitrogen and oxygen atoms in total. The fraction of sp³-hybridized carbons (Fsp3) is 0.900. The van der Waals surface area contributed by atoms with Crippen LogP contribution in [0, 0.1) is 5.92 Å². The number of rotatable bonds is 4. The van der Waals surface area contributed by atoms with E-state index in [1.807, 2.05) is 20.8 Å². The molecule has 0 fully saturated rings. The lowest BCUT2D eigenvalue weighted by atomic mass is 10.2. The minimum atomic E-state index is -0.203.